The molecule has 26 heavy (non-hydrogen) atoms. The van der Waals surface area contributed by atoms with Gasteiger partial charge in [0.25, 0.3) is 0 Å². The first-order chi connectivity index (χ1) is 12.5. The summed E-state index contributed by atoms with van der Waals surface area (Å²) < 4.78 is 6.18. The van der Waals surface area contributed by atoms with E-state index in [-0.39, 0.29) is 0 Å². The highest BCUT2D eigenvalue weighted by molar-refractivity contribution is 6.72. The fraction of sp³-hybridized carbons (Fsp3) is 1.00. The van der Waals surface area contributed by atoms with Gasteiger partial charge >= 0.3 is 0 Å². The van der Waals surface area contributed by atoms with Crippen molar-refractivity contribution in [2.45, 2.75) is 73.0 Å². The van der Waals surface area contributed by atoms with E-state index in [0.717, 1.165) is 6.61 Å². The summed E-state index contributed by atoms with van der Waals surface area (Å²) in [6.45, 7) is 27.6. The summed E-state index contributed by atoms with van der Waals surface area (Å²) in [5.74, 6) is 0. The number of hydrogen-bond donors (Lipinski definition) is 0. The van der Waals surface area contributed by atoms with E-state index >= 15 is 0 Å². The Balaban J connectivity index is 4.51. The van der Waals surface area contributed by atoms with Gasteiger partial charge in [0, 0.05) is 6.61 Å². The highest BCUT2D eigenvalue weighted by Crippen LogP contribution is 2.17. The molecule has 5 heteroatoms. The minimum atomic E-state index is -1.50. The summed E-state index contributed by atoms with van der Waals surface area (Å²) in [5.41, 5.74) is 0. The van der Waals surface area contributed by atoms with Crippen molar-refractivity contribution in [3.63, 3.8) is 0 Å². The lowest BCUT2D eigenvalue weighted by atomic mass is 10.3. The maximum Gasteiger partial charge on any atom is 0.190 e. The van der Waals surface area contributed by atoms with E-state index in [1.165, 1.54) is 83.8 Å². The lowest BCUT2D eigenvalue weighted by Gasteiger charge is -2.31. The standard InChI is InChI=1S/C21H49N3OSi/c1-8-22(9-2)16-14-18-24(19-15-17-23(10-3)11-4)20-21-26(7,13-6)25-12-5/h8-21H2,1-7H3. The average Bonchev–Trinajstić information content (AvgIpc) is 2.66. The molecule has 0 aliphatic carbocycles. The zero-order valence-electron chi connectivity index (χ0n) is 19.1. The molecule has 0 aromatic carbocycles. The molecule has 1 atom stereocenters. The molecular formula is C21H49N3OSi. The topological polar surface area (TPSA) is 19.0 Å². The van der Waals surface area contributed by atoms with E-state index in [1.807, 2.05) is 0 Å². The zero-order chi connectivity index (χ0) is 19.8. The lowest BCUT2D eigenvalue weighted by Crippen LogP contribution is -2.40. The molecule has 0 fully saturated rings. The molecule has 0 heterocycles. The SMILES string of the molecule is CCO[Si](C)(CC)CCN(CCCN(CC)CC)CCCN(CC)CC. The summed E-state index contributed by atoms with van der Waals surface area (Å²) in [6, 6.07) is 2.50. The van der Waals surface area contributed by atoms with Crippen LogP contribution in [0.15, 0.2) is 0 Å². The maximum absolute atomic E-state index is 6.18. The first-order valence-corrected chi connectivity index (χ1v) is 14.1. The molecule has 0 bridgehead atoms. The number of hydrogen-bond acceptors (Lipinski definition) is 4. The Hall–Kier alpha value is 0.0569. The third kappa shape index (κ3) is 11.7. The Kier molecular flexibility index (Phi) is 16.1. The highest BCUT2D eigenvalue weighted by atomic mass is 28.4. The molecule has 0 amide bonds. The summed E-state index contributed by atoms with van der Waals surface area (Å²) >= 11 is 0. The smallest absolute Gasteiger partial charge is 0.190 e. The van der Waals surface area contributed by atoms with Crippen LogP contribution in [0.3, 0.4) is 0 Å². The van der Waals surface area contributed by atoms with Crippen LogP contribution < -0.4 is 0 Å². The van der Waals surface area contributed by atoms with Crippen molar-refractivity contribution >= 4 is 8.32 Å². The molecule has 0 aromatic rings. The van der Waals surface area contributed by atoms with Crippen LogP contribution in [0.1, 0.15) is 54.4 Å². The summed E-state index contributed by atoms with van der Waals surface area (Å²) in [5, 5.41) is 0. The molecule has 4 nitrogen and oxygen atoms in total. The predicted molar refractivity (Wildman–Crippen MR) is 120 cm³/mol. The van der Waals surface area contributed by atoms with Crippen molar-refractivity contribution in [2.24, 2.45) is 0 Å². The Morgan fingerprint density at radius 3 is 1.38 bits per heavy atom. The fourth-order valence-electron chi connectivity index (χ4n) is 3.55. The monoisotopic (exact) mass is 387 g/mol. The first kappa shape index (κ1) is 26.1. The second kappa shape index (κ2) is 16.1. The van der Waals surface area contributed by atoms with Crippen LogP contribution >= 0.6 is 0 Å². The van der Waals surface area contributed by atoms with Gasteiger partial charge in [0.15, 0.2) is 8.32 Å². The Bertz CT molecular complexity index is 294. The molecule has 0 rings (SSSR count). The molecule has 0 saturated heterocycles. The average molecular weight is 388 g/mol. The predicted octanol–water partition coefficient (Wildman–Crippen LogP) is 4.38. The largest absolute Gasteiger partial charge is 0.417 e. The number of rotatable bonds is 18. The summed E-state index contributed by atoms with van der Waals surface area (Å²) in [6.07, 6.45) is 2.57. The van der Waals surface area contributed by atoms with Crippen LogP contribution in [0.2, 0.25) is 18.6 Å². The molecule has 0 spiro atoms. The van der Waals surface area contributed by atoms with Gasteiger partial charge < -0.3 is 19.1 Å². The van der Waals surface area contributed by atoms with Gasteiger partial charge in [-0.2, -0.15) is 0 Å². The number of nitrogens with zero attached hydrogens (tertiary/aromatic N) is 3. The quantitative estimate of drug-likeness (QED) is 0.325. The molecule has 0 aliphatic rings. The van der Waals surface area contributed by atoms with Crippen molar-refractivity contribution in [1.82, 2.24) is 14.7 Å². The molecule has 158 valence electrons. The van der Waals surface area contributed by atoms with Gasteiger partial charge in [-0.15, -0.1) is 0 Å². The first-order valence-electron chi connectivity index (χ1n) is 11.3. The fourth-order valence-corrected chi connectivity index (χ4v) is 5.73. The second-order valence-electron chi connectivity index (χ2n) is 7.59. The van der Waals surface area contributed by atoms with Crippen LogP contribution in [0.25, 0.3) is 0 Å². The molecule has 0 N–H and O–H groups in total. The normalized spacial score (nSPS) is 14.5. The van der Waals surface area contributed by atoms with Crippen LogP contribution in [0.5, 0.6) is 0 Å². The summed E-state index contributed by atoms with van der Waals surface area (Å²) in [7, 11) is -1.50. The second-order valence-corrected chi connectivity index (χ2v) is 12.0. The highest BCUT2D eigenvalue weighted by Gasteiger charge is 2.26. The Labute approximate surface area is 166 Å². The van der Waals surface area contributed by atoms with Gasteiger partial charge in [-0.1, -0.05) is 34.6 Å². The van der Waals surface area contributed by atoms with E-state index in [4.69, 9.17) is 4.43 Å². The van der Waals surface area contributed by atoms with Crippen LogP contribution in [-0.2, 0) is 4.43 Å². The zero-order valence-corrected chi connectivity index (χ0v) is 20.1. The van der Waals surface area contributed by atoms with E-state index < -0.39 is 8.32 Å². The third-order valence-corrected chi connectivity index (χ3v) is 9.65. The van der Waals surface area contributed by atoms with Crippen molar-refractivity contribution < 1.29 is 4.43 Å². The van der Waals surface area contributed by atoms with Gasteiger partial charge in [-0.3, -0.25) is 0 Å². The molecule has 0 saturated carbocycles. The van der Waals surface area contributed by atoms with Gasteiger partial charge in [0.2, 0.25) is 0 Å². The maximum atomic E-state index is 6.18. The van der Waals surface area contributed by atoms with Crippen LogP contribution in [-0.4, -0.2) is 88.5 Å². The van der Waals surface area contributed by atoms with Crippen molar-refractivity contribution in [3.8, 4) is 0 Å². The van der Waals surface area contributed by atoms with E-state index in [0.29, 0.717) is 0 Å². The van der Waals surface area contributed by atoms with E-state index in [9.17, 15) is 0 Å². The van der Waals surface area contributed by atoms with E-state index in [1.54, 1.807) is 0 Å². The molecule has 0 aliphatic heterocycles. The van der Waals surface area contributed by atoms with Gasteiger partial charge in [0.1, 0.15) is 0 Å². The molecule has 0 radical (unpaired) electrons. The summed E-state index contributed by atoms with van der Waals surface area (Å²) in [4.78, 5) is 7.80. The van der Waals surface area contributed by atoms with Crippen LogP contribution in [0, 0.1) is 0 Å². The van der Waals surface area contributed by atoms with Crippen molar-refractivity contribution in [1.29, 1.82) is 0 Å². The lowest BCUT2D eigenvalue weighted by molar-refractivity contribution is 0.220. The minimum absolute atomic E-state index is 0.875. The molecule has 1 unspecified atom stereocenters. The minimum Gasteiger partial charge on any atom is -0.417 e. The Morgan fingerprint density at radius 2 is 1.04 bits per heavy atom. The van der Waals surface area contributed by atoms with Gasteiger partial charge in [-0.25, -0.2) is 0 Å². The van der Waals surface area contributed by atoms with Crippen LogP contribution in [0.4, 0.5) is 0 Å². The molecular weight excluding hydrogens is 338 g/mol. The van der Waals surface area contributed by atoms with E-state index in [2.05, 4.69) is 62.8 Å². The van der Waals surface area contributed by atoms with Gasteiger partial charge in [0.05, 0.1) is 0 Å². The Morgan fingerprint density at radius 1 is 0.615 bits per heavy atom. The molecule has 0 aromatic heterocycles. The van der Waals surface area contributed by atoms with Gasteiger partial charge in [-0.05, 0) is 97.3 Å². The third-order valence-electron chi connectivity index (χ3n) is 5.88. The van der Waals surface area contributed by atoms with Crippen molar-refractivity contribution in [2.75, 3.05) is 65.5 Å². The van der Waals surface area contributed by atoms with Crippen molar-refractivity contribution in [3.05, 3.63) is 0 Å².